The molecule has 2 rings (SSSR count). The molecule has 100 valence electrons. The summed E-state index contributed by atoms with van der Waals surface area (Å²) in [5.41, 5.74) is 1.17. The largest absolute Gasteiger partial charge is 0.378 e. The van der Waals surface area contributed by atoms with Crippen molar-refractivity contribution in [3.8, 4) is 0 Å². The predicted octanol–water partition coefficient (Wildman–Crippen LogP) is 0.150. The van der Waals surface area contributed by atoms with Crippen LogP contribution in [0.15, 0.2) is 24.5 Å². The third kappa shape index (κ3) is 4.60. The Morgan fingerprint density at radius 3 is 2.94 bits per heavy atom. The number of nitrogens with zero attached hydrogens (tertiary/aromatic N) is 1. The molecule has 1 aromatic rings. The maximum absolute atomic E-state index is 11.7. The van der Waals surface area contributed by atoms with E-state index in [2.05, 4.69) is 15.6 Å². The highest BCUT2D eigenvalue weighted by Crippen LogP contribution is 1.97. The summed E-state index contributed by atoms with van der Waals surface area (Å²) >= 11 is 0. The van der Waals surface area contributed by atoms with Gasteiger partial charge in [0, 0.05) is 25.5 Å². The highest BCUT2D eigenvalue weighted by molar-refractivity contribution is 5.85. The molecule has 1 aliphatic heterocycles. The van der Waals surface area contributed by atoms with Crippen LogP contribution in [0.1, 0.15) is 5.56 Å². The normalized spacial score (nSPS) is 18.8. The molecule has 1 saturated heterocycles. The smallest absolute Gasteiger partial charge is 0.239 e. The molecular weight excluding hydrogens is 254 g/mol. The van der Waals surface area contributed by atoms with Gasteiger partial charge in [0.05, 0.1) is 13.2 Å². The summed E-state index contributed by atoms with van der Waals surface area (Å²) in [5, 5.41) is 6.02. The van der Waals surface area contributed by atoms with Crippen LogP contribution < -0.4 is 10.6 Å². The average Bonchev–Trinajstić information content (AvgIpc) is 2.41. The number of nitrogens with one attached hydrogen (secondary N) is 2. The van der Waals surface area contributed by atoms with E-state index in [0.29, 0.717) is 19.8 Å². The highest BCUT2D eigenvalue weighted by Gasteiger charge is 2.20. The number of amides is 1. The fourth-order valence-corrected chi connectivity index (χ4v) is 1.74. The number of pyridine rings is 1. The maximum Gasteiger partial charge on any atom is 0.239 e. The summed E-state index contributed by atoms with van der Waals surface area (Å²) in [6, 6.07) is 3.70. The lowest BCUT2D eigenvalue weighted by molar-refractivity contribution is -0.125. The zero-order valence-electron chi connectivity index (χ0n) is 10.1. The fourth-order valence-electron chi connectivity index (χ4n) is 1.74. The fraction of sp³-hybridized carbons (Fsp3) is 0.500. The molecule has 6 heteroatoms. The number of ether oxygens (including phenoxy) is 1. The molecule has 1 aliphatic rings. The Morgan fingerprint density at radius 2 is 2.28 bits per heavy atom. The van der Waals surface area contributed by atoms with Gasteiger partial charge in [-0.1, -0.05) is 0 Å². The first-order valence-electron chi connectivity index (χ1n) is 5.84. The zero-order valence-corrected chi connectivity index (χ0v) is 10.9. The van der Waals surface area contributed by atoms with Crippen molar-refractivity contribution in [2.24, 2.45) is 0 Å². The van der Waals surface area contributed by atoms with Crippen molar-refractivity contribution in [2.45, 2.75) is 12.5 Å². The van der Waals surface area contributed by atoms with E-state index in [-0.39, 0.29) is 24.4 Å². The Kier molecular flexibility index (Phi) is 6.64. The number of carbonyl (C=O) groups excluding carboxylic acids is 1. The van der Waals surface area contributed by atoms with Gasteiger partial charge in [0.25, 0.3) is 0 Å². The van der Waals surface area contributed by atoms with E-state index in [0.717, 1.165) is 13.0 Å². The Hall–Kier alpha value is -1.17. The van der Waals surface area contributed by atoms with Crippen LogP contribution in [-0.2, 0) is 16.0 Å². The summed E-state index contributed by atoms with van der Waals surface area (Å²) < 4.78 is 5.24. The van der Waals surface area contributed by atoms with Gasteiger partial charge >= 0.3 is 0 Å². The number of carbonyl (C=O) groups is 1. The van der Waals surface area contributed by atoms with Crippen molar-refractivity contribution < 1.29 is 9.53 Å². The zero-order chi connectivity index (χ0) is 11.9. The maximum atomic E-state index is 11.7. The molecule has 1 atom stereocenters. The molecule has 1 aromatic heterocycles. The van der Waals surface area contributed by atoms with Gasteiger partial charge in [0.1, 0.15) is 6.04 Å². The Bertz CT molecular complexity index is 356. The molecule has 1 fully saturated rings. The molecule has 0 aromatic carbocycles. The summed E-state index contributed by atoms with van der Waals surface area (Å²) in [6.45, 7) is 2.52. The second-order valence-electron chi connectivity index (χ2n) is 3.98. The number of hydrogen-bond donors (Lipinski definition) is 2. The quantitative estimate of drug-likeness (QED) is 0.818. The van der Waals surface area contributed by atoms with E-state index in [1.165, 1.54) is 5.56 Å². The van der Waals surface area contributed by atoms with Gasteiger partial charge in [-0.15, -0.1) is 12.4 Å². The molecular formula is C12H18ClN3O2. The number of aromatic nitrogens is 1. The topological polar surface area (TPSA) is 63.2 Å². The Morgan fingerprint density at radius 1 is 1.50 bits per heavy atom. The van der Waals surface area contributed by atoms with Gasteiger partial charge in [-0.25, -0.2) is 0 Å². The number of rotatable bonds is 4. The van der Waals surface area contributed by atoms with Gasteiger partial charge in [0.15, 0.2) is 0 Å². The SMILES string of the molecule is Cl.O=C(NCCc1ccncc1)C1COCCN1. The number of morpholine rings is 1. The molecule has 0 bridgehead atoms. The van der Waals surface area contributed by atoms with Crippen molar-refractivity contribution >= 4 is 18.3 Å². The standard InChI is InChI=1S/C12H17N3O2.ClH/c16-12(11-9-17-8-7-14-11)15-6-3-10-1-4-13-5-2-10;/h1-2,4-5,11,14H,3,6-9H2,(H,15,16);1H. The van der Waals surface area contributed by atoms with Crippen molar-refractivity contribution in [1.29, 1.82) is 0 Å². The minimum atomic E-state index is -0.207. The molecule has 18 heavy (non-hydrogen) atoms. The lowest BCUT2D eigenvalue weighted by Gasteiger charge is -2.22. The molecule has 1 unspecified atom stereocenters. The van der Waals surface area contributed by atoms with Crippen molar-refractivity contribution in [1.82, 2.24) is 15.6 Å². The Balaban J connectivity index is 0.00000162. The van der Waals surface area contributed by atoms with E-state index < -0.39 is 0 Å². The first-order valence-corrected chi connectivity index (χ1v) is 5.84. The second kappa shape index (κ2) is 8.02. The molecule has 0 radical (unpaired) electrons. The van der Waals surface area contributed by atoms with Gasteiger partial charge in [-0.2, -0.15) is 0 Å². The van der Waals surface area contributed by atoms with Crippen LogP contribution in [0.3, 0.4) is 0 Å². The van der Waals surface area contributed by atoms with Gasteiger partial charge in [0.2, 0.25) is 5.91 Å². The molecule has 0 aliphatic carbocycles. The van der Waals surface area contributed by atoms with Crippen LogP contribution in [-0.4, -0.2) is 43.2 Å². The van der Waals surface area contributed by atoms with Crippen molar-refractivity contribution in [3.05, 3.63) is 30.1 Å². The third-order valence-electron chi connectivity index (χ3n) is 2.70. The van der Waals surface area contributed by atoms with E-state index in [1.807, 2.05) is 12.1 Å². The van der Waals surface area contributed by atoms with Gasteiger partial charge in [-0.05, 0) is 24.1 Å². The molecule has 2 N–H and O–H groups in total. The highest BCUT2D eigenvalue weighted by atomic mass is 35.5. The van der Waals surface area contributed by atoms with Crippen molar-refractivity contribution in [3.63, 3.8) is 0 Å². The predicted molar refractivity (Wildman–Crippen MR) is 70.8 cm³/mol. The monoisotopic (exact) mass is 271 g/mol. The first-order chi connectivity index (χ1) is 8.36. The lowest BCUT2D eigenvalue weighted by atomic mass is 10.2. The van der Waals surface area contributed by atoms with E-state index in [4.69, 9.17) is 4.74 Å². The minimum Gasteiger partial charge on any atom is -0.378 e. The van der Waals surface area contributed by atoms with Crippen LogP contribution in [0.4, 0.5) is 0 Å². The molecule has 2 heterocycles. The van der Waals surface area contributed by atoms with Crippen molar-refractivity contribution in [2.75, 3.05) is 26.3 Å². The summed E-state index contributed by atoms with van der Waals surface area (Å²) in [6.07, 6.45) is 4.34. The second-order valence-corrected chi connectivity index (χ2v) is 3.98. The number of halogens is 1. The van der Waals surface area contributed by atoms with E-state index in [9.17, 15) is 4.79 Å². The van der Waals surface area contributed by atoms with Gasteiger partial charge < -0.3 is 15.4 Å². The Labute approximate surface area is 113 Å². The average molecular weight is 272 g/mol. The van der Waals surface area contributed by atoms with Gasteiger partial charge in [-0.3, -0.25) is 9.78 Å². The number of hydrogen-bond acceptors (Lipinski definition) is 4. The first kappa shape index (κ1) is 14.9. The minimum absolute atomic E-state index is 0. The van der Waals surface area contributed by atoms with Crippen LogP contribution in [0.25, 0.3) is 0 Å². The third-order valence-corrected chi connectivity index (χ3v) is 2.70. The molecule has 5 nitrogen and oxygen atoms in total. The van der Waals surface area contributed by atoms with Crippen LogP contribution >= 0.6 is 12.4 Å². The molecule has 1 amide bonds. The molecule has 0 spiro atoms. The van der Waals surface area contributed by atoms with Crippen LogP contribution in [0, 0.1) is 0 Å². The summed E-state index contributed by atoms with van der Waals surface area (Å²) in [4.78, 5) is 15.7. The summed E-state index contributed by atoms with van der Waals surface area (Å²) in [7, 11) is 0. The van der Waals surface area contributed by atoms with Crippen LogP contribution in [0.2, 0.25) is 0 Å². The molecule has 0 saturated carbocycles. The summed E-state index contributed by atoms with van der Waals surface area (Å²) in [5.74, 6) is 0.0127. The van der Waals surface area contributed by atoms with E-state index >= 15 is 0 Å². The van der Waals surface area contributed by atoms with E-state index in [1.54, 1.807) is 12.4 Å². The van der Waals surface area contributed by atoms with Crippen LogP contribution in [0.5, 0.6) is 0 Å². The lowest BCUT2D eigenvalue weighted by Crippen LogP contribution is -2.51.